The summed E-state index contributed by atoms with van der Waals surface area (Å²) in [7, 11) is 0. The number of anilines is 1. The first kappa shape index (κ1) is 17.0. The maximum Gasteiger partial charge on any atom is 0.293 e. The molecule has 2 unspecified atom stereocenters. The quantitative estimate of drug-likeness (QED) is 0.640. The highest BCUT2D eigenvalue weighted by Crippen LogP contribution is 2.32. The van der Waals surface area contributed by atoms with Crippen LogP contribution in [-0.2, 0) is 4.74 Å². The number of benzene rings is 1. The molecule has 0 bridgehead atoms. The molecule has 5 N–H and O–H groups in total. The Hall–Kier alpha value is -2.42. The Labute approximate surface area is 151 Å². The molecule has 138 valence electrons. The molecular weight excluding hydrogens is 334 g/mol. The lowest BCUT2D eigenvalue weighted by molar-refractivity contribution is 0.189. The van der Waals surface area contributed by atoms with E-state index >= 15 is 0 Å². The first-order valence-electron chi connectivity index (χ1n) is 8.87. The van der Waals surface area contributed by atoms with E-state index in [4.69, 9.17) is 10.5 Å². The van der Waals surface area contributed by atoms with Crippen molar-refractivity contribution < 1.29 is 9.84 Å². The van der Waals surface area contributed by atoms with Gasteiger partial charge in [-0.1, -0.05) is 6.07 Å². The second kappa shape index (κ2) is 7.06. The predicted molar refractivity (Wildman–Crippen MR) is 97.8 cm³/mol. The standard InChI is InChI=1S/C18H23N5O3/c19-17-18(25)23(12-2-1-5-20-7-12)8-14(22-17)13-6-11(3-4-16(13)24)15-9-26-10-21-15/h3-4,6,8,12,15,20-21,24H,1-2,5,7,9-10H2,(H2,19,22). The maximum atomic E-state index is 12.5. The predicted octanol–water partition coefficient (Wildman–Crippen LogP) is 0.741. The van der Waals surface area contributed by atoms with Crippen LogP contribution in [0.15, 0.2) is 29.2 Å². The van der Waals surface area contributed by atoms with Gasteiger partial charge in [0, 0.05) is 24.3 Å². The van der Waals surface area contributed by atoms with Crippen molar-refractivity contribution in [2.45, 2.75) is 24.9 Å². The van der Waals surface area contributed by atoms with E-state index in [0.29, 0.717) is 24.6 Å². The fourth-order valence-corrected chi connectivity index (χ4v) is 3.59. The molecule has 2 atom stereocenters. The van der Waals surface area contributed by atoms with Gasteiger partial charge in [0.2, 0.25) is 0 Å². The Morgan fingerprint density at radius 2 is 2.27 bits per heavy atom. The molecule has 8 nitrogen and oxygen atoms in total. The van der Waals surface area contributed by atoms with E-state index in [9.17, 15) is 9.90 Å². The Morgan fingerprint density at radius 1 is 1.38 bits per heavy atom. The molecule has 2 saturated heterocycles. The molecule has 3 heterocycles. The molecule has 2 aromatic rings. The van der Waals surface area contributed by atoms with E-state index in [2.05, 4.69) is 15.6 Å². The lowest BCUT2D eigenvalue weighted by Gasteiger charge is -2.25. The monoisotopic (exact) mass is 357 g/mol. The first-order valence-corrected chi connectivity index (χ1v) is 8.87. The minimum absolute atomic E-state index is 0.0375. The van der Waals surface area contributed by atoms with Crippen LogP contribution in [0.4, 0.5) is 5.82 Å². The molecule has 26 heavy (non-hydrogen) atoms. The third kappa shape index (κ3) is 3.18. The van der Waals surface area contributed by atoms with Gasteiger partial charge in [-0.25, -0.2) is 4.98 Å². The number of aromatic hydroxyl groups is 1. The SMILES string of the molecule is Nc1nc(-c2cc(C3COCN3)ccc2O)cn(C2CCCNC2)c1=O. The minimum atomic E-state index is -0.288. The lowest BCUT2D eigenvalue weighted by atomic mass is 10.0. The van der Waals surface area contributed by atoms with E-state index < -0.39 is 0 Å². The molecular formula is C18H23N5O3. The van der Waals surface area contributed by atoms with Crippen molar-refractivity contribution in [3.8, 4) is 17.0 Å². The molecule has 8 heteroatoms. The van der Waals surface area contributed by atoms with Crippen molar-refractivity contribution in [3.63, 3.8) is 0 Å². The van der Waals surface area contributed by atoms with Crippen LogP contribution in [0, 0.1) is 0 Å². The molecule has 2 fully saturated rings. The van der Waals surface area contributed by atoms with Crippen molar-refractivity contribution in [1.29, 1.82) is 0 Å². The highest BCUT2D eigenvalue weighted by molar-refractivity contribution is 5.68. The number of aromatic nitrogens is 2. The number of nitrogen functional groups attached to an aromatic ring is 1. The largest absolute Gasteiger partial charge is 0.507 e. The van der Waals surface area contributed by atoms with Gasteiger partial charge >= 0.3 is 0 Å². The zero-order valence-electron chi connectivity index (χ0n) is 14.4. The van der Waals surface area contributed by atoms with Crippen LogP contribution >= 0.6 is 0 Å². The van der Waals surface area contributed by atoms with Crippen molar-refractivity contribution in [2.24, 2.45) is 0 Å². The number of rotatable bonds is 3. The summed E-state index contributed by atoms with van der Waals surface area (Å²) in [6.45, 7) is 2.76. The van der Waals surface area contributed by atoms with Crippen molar-refractivity contribution in [1.82, 2.24) is 20.2 Å². The summed E-state index contributed by atoms with van der Waals surface area (Å²) in [4.78, 5) is 16.7. The summed E-state index contributed by atoms with van der Waals surface area (Å²) in [5.74, 6) is 0.0479. The lowest BCUT2D eigenvalue weighted by Crippen LogP contribution is -2.37. The second-order valence-corrected chi connectivity index (χ2v) is 6.77. The number of hydrogen-bond acceptors (Lipinski definition) is 7. The number of piperidine rings is 1. The maximum absolute atomic E-state index is 12.5. The molecule has 2 aliphatic rings. The smallest absolute Gasteiger partial charge is 0.293 e. The molecule has 1 aromatic heterocycles. The van der Waals surface area contributed by atoms with Gasteiger partial charge in [0.1, 0.15) is 5.75 Å². The summed E-state index contributed by atoms with van der Waals surface area (Å²) < 4.78 is 7.00. The normalized spacial score (nSPS) is 23.2. The van der Waals surface area contributed by atoms with E-state index in [-0.39, 0.29) is 29.2 Å². The van der Waals surface area contributed by atoms with Gasteiger partial charge in [-0.15, -0.1) is 0 Å². The van der Waals surface area contributed by atoms with Gasteiger partial charge in [0.05, 0.1) is 25.1 Å². The summed E-state index contributed by atoms with van der Waals surface area (Å²) in [5, 5.41) is 16.9. The third-order valence-corrected chi connectivity index (χ3v) is 5.04. The van der Waals surface area contributed by atoms with Gasteiger partial charge in [0.15, 0.2) is 5.82 Å². The molecule has 0 amide bonds. The number of nitrogens with two attached hydrogens (primary N) is 1. The zero-order valence-corrected chi connectivity index (χ0v) is 14.4. The van der Waals surface area contributed by atoms with E-state index in [1.807, 2.05) is 12.1 Å². The van der Waals surface area contributed by atoms with Gasteiger partial charge in [-0.2, -0.15) is 0 Å². The molecule has 0 radical (unpaired) electrons. The molecule has 2 aliphatic heterocycles. The highest BCUT2D eigenvalue weighted by Gasteiger charge is 2.21. The van der Waals surface area contributed by atoms with Crippen LogP contribution in [0.3, 0.4) is 0 Å². The summed E-state index contributed by atoms with van der Waals surface area (Å²) in [6, 6.07) is 5.48. The van der Waals surface area contributed by atoms with E-state index in [1.54, 1.807) is 16.8 Å². The van der Waals surface area contributed by atoms with Crippen LogP contribution in [0.25, 0.3) is 11.3 Å². The van der Waals surface area contributed by atoms with Crippen molar-refractivity contribution >= 4 is 5.82 Å². The average molecular weight is 357 g/mol. The topological polar surface area (TPSA) is 114 Å². The Balaban J connectivity index is 1.76. The summed E-state index contributed by atoms with van der Waals surface area (Å²) in [6.07, 6.45) is 3.61. The number of ether oxygens (including phenoxy) is 1. The fraction of sp³-hybridized carbons (Fsp3) is 0.444. The third-order valence-electron chi connectivity index (χ3n) is 5.04. The van der Waals surface area contributed by atoms with Crippen molar-refractivity contribution in [3.05, 3.63) is 40.3 Å². The van der Waals surface area contributed by atoms with Gasteiger partial charge < -0.3 is 25.5 Å². The van der Waals surface area contributed by atoms with Gasteiger partial charge in [-0.3, -0.25) is 10.1 Å². The number of nitrogens with one attached hydrogen (secondary N) is 2. The van der Waals surface area contributed by atoms with Crippen LogP contribution in [0.1, 0.15) is 30.5 Å². The van der Waals surface area contributed by atoms with E-state index in [0.717, 1.165) is 31.5 Å². The van der Waals surface area contributed by atoms with Gasteiger partial charge in [-0.05, 0) is 37.1 Å². The molecule has 0 saturated carbocycles. The van der Waals surface area contributed by atoms with Crippen LogP contribution in [-0.4, -0.2) is 41.1 Å². The Kier molecular flexibility index (Phi) is 4.62. The molecule has 1 aromatic carbocycles. The molecule has 0 spiro atoms. The van der Waals surface area contributed by atoms with Crippen molar-refractivity contribution in [2.75, 3.05) is 32.2 Å². The highest BCUT2D eigenvalue weighted by atomic mass is 16.5. The van der Waals surface area contributed by atoms with E-state index in [1.165, 1.54) is 0 Å². The first-order chi connectivity index (χ1) is 12.6. The van der Waals surface area contributed by atoms with Crippen LogP contribution in [0.5, 0.6) is 5.75 Å². The minimum Gasteiger partial charge on any atom is -0.507 e. The fourth-order valence-electron chi connectivity index (χ4n) is 3.59. The number of phenols is 1. The average Bonchev–Trinajstić information content (AvgIpc) is 3.20. The summed E-state index contributed by atoms with van der Waals surface area (Å²) >= 11 is 0. The summed E-state index contributed by atoms with van der Waals surface area (Å²) in [5.41, 5.74) is 7.65. The van der Waals surface area contributed by atoms with Gasteiger partial charge in [0.25, 0.3) is 5.56 Å². The Bertz CT molecular complexity index is 854. The van der Waals surface area contributed by atoms with Crippen LogP contribution in [0.2, 0.25) is 0 Å². The second-order valence-electron chi connectivity index (χ2n) is 6.77. The molecule has 4 rings (SSSR count). The number of hydrogen-bond donors (Lipinski definition) is 4. The van der Waals surface area contributed by atoms with Crippen LogP contribution < -0.4 is 21.9 Å². The number of phenolic OH excluding ortho intramolecular Hbond substituents is 1. The number of nitrogens with zero attached hydrogens (tertiary/aromatic N) is 2. The Morgan fingerprint density at radius 3 is 3.00 bits per heavy atom. The zero-order chi connectivity index (χ0) is 18.1. The molecule has 0 aliphatic carbocycles.